The summed E-state index contributed by atoms with van der Waals surface area (Å²) < 4.78 is 5.89. The first-order valence-electron chi connectivity index (χ1n) is 6.76. The average Bonchev–Trinajstić information content (AvgIpc) is 2.84. The molecule has 1 aromatic carbocycles. The molecule has 1 fully saturated rings. The molecule has 2 heterocycles. The van der Waals surface area contributed by atoms with Crippen LogP contribution in [0.25, 0.3) is 11.0 Å². The van der Waals surface area contributed by atoms with E-state index in [1.54, 1.807) is 0 Å². The SMILES string of the molecule is CC1SCC(C(N)c2cc3cc(Cl)ccc3o2)SC1C. The van der Waals surface area contributed by atoms with Gasteiger partial charge >= 0.3 is 0 Å². The van der Waals surface area contributed by atoms with Gasteiger partial charge in [-0.2, -0.15) is 23.5 Å². The second-order valence-corrected chi connectivity index (χ2v) is 8.74. The Hall–Kier alpha value is -0.290. The van der Waals surface area contributed by atoms with Crippen molar-refractivity contribution in [2.45, 2.75) is 35.6 Å². The Balaban J connectivity index is 1.83. The van der Waals surface area contributed by atoms with Crippen LogP contribution in [0.4, 0.5) is 0 Å². The first-order chi connectivity index (χ1) is 9.54. The lowest BCUT2D eigenvalue weighted by Crippen LogP contribution is -2.33. The molecule has 1 aromatic heterocycles. The highest BCUT2D eigenvalue weighted by atomic mass is 35.5. The summed E-state index contributed by atoms with van der Waals surface area (Å²) in [7, 11) is 0. The van der Waals surface area contributed by atoms with Crippen LogP contribution in [-0.2, 0) is 0 Å². The van der Waals surface area contributed by atoms with Gasteiger partial charge in [0.2, 0.25) is 0 Å². The summed E-state index contributed by atoms with van der Waals surface area (Å²) in [5.41, 5.74) is 7.27. The van der Waals surface area contributed by atoms with E-state index in [4.69, 9.17) is 21.8 Å². The Kier molecular flexibility index (Phi) is 4.27. The maximum Gasteiger partial charge on any atom is 0.134 e. The molecule has 0 radical (unpaired) electrons. The van der Waals surface area contributed by atoms with E-state index < -0.39 is 0 Å². The van der Waals surface area contributed by atoms with Gasteiger partial charge in [-0.25, -0.2) is 0 Å². The Bertz CT molecular complexity index is 615. The largest absolute Gasteiger partial charge is 0.459 e. The molecule has 3 rings (SSSR count). The number of rotatable bonds is 2. The molecule has 1 saturated heterocycles. The van der Waals surface area contributed by atoms with Crippen molar-refractivity contribution in [3.05, 3.63) is 35.0 Å². The van der Waals surface area contributed by atoms with E-state index in [1.807, 2.05) is 47.8 Å². The minimum atomic E-state index is -0.0615. The Morgan fingerprint density at radius 1 is 1.30 bits per heavy atom. The maximum atomic E-state index is 6.42. The van der Waals surface area contributed by atoms with Crippen molar-refractivity contribution < 1.29 is 4.42 Å². The van der Waals surface area contributed by atoms with E-state index in [9.17, 15) is 0 Å². The first-order valence-corrected chi connectivity index (χ1v) is 9.13. The topological polar surface area (TPSA) is 39.2 Å². The standard InChI is InChI=1S/C15H18ClNOS2/c1-8-9(2)20-14(7-19-8)15(17)13-6-10-5-11(16)3-4-12(10)18-13/h3-6,8-9,14-15H,7,17H2,1-2H3. The minimum Gasteiger partial charge on any atom is -0.459 e. The molecule has 4 unspecified atom stereocenters. The number of nitrogens with two attached hydrogens (primary N) is 1. The van der Waals surface area contributed by atoms with Crippen LogP contribution in [-0.4, -0.2) is 21.5 Å². The average molecular weight is 328 g/mol. The molecule has 20 heavy (non-hydrogen) atoms. The maximum absolute atomic E-state index is 6.42. The van der Waals surface area contributed by atoms with E-state index in [2.05, 4.69) is 13.8 Å². The molecule has 1 aliphatic heterocycles. The second-order valence-electron chi connectivity index (χ2n) is 5.27. The van der Waals surface area contributed by atoms with E-state index in [1.165, 1.54) is 0 Å². The highest BCUT2D eigenvalue weighted by Gasteiger charge is 2.31. The van der Waals surface area contributed by atoms with Crippen molar-refractivity contribution in [3.8, 4) is 0 Å². The van der Waals surface area contributed by atoms with Crippen molar-refractivity contribution in [2.75, 3.05) is 5.75 Å². The fourth-order valence-electron chi connectivity index (χ4n) is 2.38. The number of furan rings is 1. The number of fused-ring (bicyclic) bond motifs is 1. The number of hydrogen-bond acceptors (Lipinski definition) is 4. The first kappa shape index (κ1) is 14.6. The summed E-state index contributed by atoms with van der Waals surface area (Å²) in [4.78, 5) is 0. The van der Waals surface area contributed by atoms with Crippen molar-refractivity contribution in [1.29, 1.82) is 0 Å². The number of benzene rings is 1. The lowest BCUT2D eigenvalue weighted by atomic mass is 10.1. The van der Waals surface area contributed by atoms with Crippen molar-refractivity contribution in [3.63, 3.8) is 0 Å². The summed E-state index contributed by atoms with van der Waals surface area (Å²) in [6, 6.07) is 7.64. The lowest BCUT2D eigenvalue weighted by molar-refractivity contribution is 0.493. The van der Waals surface area contributed by atoms with Gasteiger partial charge in [0.25, 0.3) is 0 Å². The van der Waals surface area contributed by atoms with Gasteiger partial charge in [-0.05, 0) is 24.3 Å². The van der Waals surface area contributed by atoms with Crippen LogP contribution in [0.5, 0.6) is 0 Å². The van der Waals surface area contributed by atoms with Gasteiger partial charge < -0.3 is 10.2 Å². The van der Waals surface area contributed by atoms with E-state index in [0.29, 0.717) is 15.7 Å². The predicted octanol–water partition coefficient (Wildman–Crippen LogP) is 4.71. The van der Waals surface area contributed by atoms with Crippen molar-refractivity contribution in [2.24, 2.45) is 5.73 Å². The molecular formula is C15H18ClNOS2. The number of hydrogen-bond donors (Lipinski definition) is 1. The van der Waals surface area contributed by atoms with Gasteiger partial charge in [-0.15, -0.1) is 0 Å². The Labute approximate surface area is 132 Å². The number of thioether (sulfide) groups is 2. The van der Waals surface area contributed by atoms with E-state index in [-0.39, 0.29) is 6.04 Å². The third-order valence-corrected chi connectivity index (χ3v) is 7.55. The van der Waals surface area contributed by atoms with Gasteiger partial charge in [0.15, 0.2) is 0 Å². The van der Waals surface area contributed by atoms with Gasteiger partial charge in [-0.3, -0.25) is 0 Å². The van der Waals surface area contributed by atoms with Gasteiger partial charge in [0.1, 0.15) is 11.3 Å². The van der Waals surface area contributed by atoms with Crippen LogP contribution in [0.2, 0.25) is 5.02 Å². The highest BCUT2D eigenvalue weighted by Crippen LogP contribution is 2.41. The zero-order valence-electron chi connectivity index (χ0n) is 11.5. The summed E-state index contributed by atoms with van der Waals surface area (Å²) in [5.74, 6) is 1.94. The van der Waals surface area contributed by atoms with Crippen LogP contribution in [0, 0.1) is 0 Å². The van der Waals surface area contributed by atoms with Gasteiger partial charge in [0.05, 0.1) is 6.04 Å². The van der Waals surface area contributed by atoms with Crippen LogP contribution in [0.15, 0.2) is 28.7 Å². The molecular weight excluding hydrogens is 310 g/mol. The summed E-state index contributed by atoms with van der Waals surface area (Å²) in [6.07, 6.45) is 0. The van der Waals surface area contributed by atoms with Crippen LogP contribution < -0.4 is 5.73 Å². The fraction of sp³-hybridized carbons (Fsp3) is 0.467. The van der Waals surface area contributed by atoms with Crippen LogP contribution in [0.3, 0.4) is 0 Å². The molecule has 0 aliphatic carbocycles. The molecule has 0 spiro atoms. The molecule has 4 atom stereocenters. The zero-order valence-corrected chi connectivity index (χ0v) is 13.9. The second kappa shape index (κ2) is 5.84. The van der Waals surface area contributed by atoms with Gasteiger partial charge in [0, 0.05) is 31.9 Å². The van der Waals surface area contributed by atoms with Crippen LogP contribution >= 0.6 is 35.1 Å². The number of halogens is 1. The summed E-state index contributed by atoms with van der Waals surface area (Å²) >= 11 is 9.99. The molecule has 2 aromatic rings. The zero-order chi connectivity index (χ0) is 14.3. The fourth-order valence-corrected chi connectivity index (χ4v) is 5.58. The van der Waals surface area contributed by atoms with E-state index in [0.717, 1.165) is 27.5 Å². The molecule has 1 aliphatic rings. The molecule has 2 nitrogen and oxygen atoms in total. The predicted molar refractivity (Wildman–Crippen MR) is 90.9 cm³/mol. The Morgan fingerprint density at radius 3 is 2.85 bits per heavy atom. The molecule has 0 bridgehead atoms. The summed E-state index contributed by atoms with van der Waals surface area (Å²) in [5, 5.41) is 3.48. The van der Waals surface area contributed by atoms with Crippen LogP contribution in [0.1, 0.15) is 25.6 Å². The lowest BCUT2D eigenvalue weighted by Gasteiger charge is -2.33. The monoisotopic (exact) mass is 327 g/mol. The normalized spacial score (nSPS) is 28.7. The molecule has 5 heteroatoms. The van der Waals surface area contributed by atoms with Crippen molar-refractivity contribution >= 4 is 46.1 Å². The molecule has 0 saturated carbocycles. The van der Waals surface area contributed by atoms with Gasteiger partial charge in [-0.1, -0.05) is 25.4 Å². The third kappa shape index (κ3) is 2.84. The molecule has 2 N–H and O–H groups in total. The summed E-state index contributed by atoms with van der Waals surface area (Å²) in [6.45, 7) is 4.56. The van der Waals surface area contributed by atoms with Crippen molar-refractivity contribution in [1.82, 2.24) is 0 Å². The highest BCUT2D eigenvalue weighted by molar-refractivity contribution is 8.07. The smallest absolute Gasteiger partial charge is 0.134 e. The molecule has 0 amide bonds. The minimum absolute atomic E-state index is 0.0615. The Morgan fingerprint density at radius 2 is 2.10 bits per heavy atom. The quantitative estimate of drug-likeness (QED) is 0.867. The third-order valence-electron chi connectivity index (χ3n) is 3.80. The van der Waals surface area contributed by atoms with E-state index >= 15 is 0 Å². The molecule has 108 valence electrons.